The molecule has 0 unspecified atom stereocenters. The molecule has 1 rings (SSSR count). The molecule has 0 saturated heterocycles. The molecule has 0 saturated carbocycles. The molecule has 0 heterocycles. The van der Waals surface area contributed by atoms with Gasteiger partial charge < -0.3 is 4.74 Å². The van der Waals surface area contributed by atoms with E-state index in [-0.39, 0.29) is 11.8 Å². The number of rotatable bonds is 3. The zero-order chi connectivity index (χ0) is 12.0. The summed E-state index contributed by atoms with van der Waals surface area (Å²) in [5.41, 5.74) is 0.584. The fraction of sp³-hybridized carbons (Fsp3) is 0.385. The summed E-state index contributed by atoms with van der Waals surface area (Å²) in [7, 11) is 0. The van der Waals surface area contributed by atoms with Gasteiger partial charge in [0, 0.05) is 11.5 Å². The Morgan fingerprint density at radius 1 is 1.31 bits per heavy atom. The maximum Gasteiger partial charge on any atom is 0.279 e. The Kier molecular flexibility index (Phi) is 4.70. The number of hydrogen-bond donors (Lipinski definition) is 0. The van der Waals surface area contributed by atoms with Gasteiger partial charge in [0.05, 0.1) is 6.61 Å². The third-order valence-electron chi connectivity index (χ3n) is 2.02. The van der Waals surface area contributed by atoms with E-state index >= 15 is 0 Å². The zero-order valence-corrected chi connectivity index (χ0v) is 9.93. The number of carbonyl (C=O) groups is 1. The number of aliphatic imine (C=N–C) groups is 1. The van der Waals surface area contributed by atoms with E-state index in [0.29, 0.717) is 18.1 Å². The van der Waals surface area contributed by atoms with Crippen LogP contribution in [0, 0.1) is 5.92 Å². The van der Waals surface area contributed by atoms with E-state index in [2.05, 4.69) is 4.99 Å². The molecule has 0 aliphatic heterocycles. The van der Waals surface area contributed by atoms with Crippen molar-refractivity contribution in [2.45, 2.75) is 20.8 Å². The van der Waals surface area contributed by atoms with E-state index in [1.54, 1.807) is 12.1 Å². The third-order valence-corrected chi connectivity index (χ3v) is 2.02. The Morgan fingerprint density at radius 2 is 1.94 bits per heavy atom. The Bertz CT molecular complexity index is 369. The predicted molar refractivity (Wildman–Crippen MR) is 64.7 cm³/mol. The highest BCUT2D eigenvalue weighted by molar-refractivity contribution is 6.02. The predicted octanol–water partition coefficient (Wildman–Crippen LogP) is 2.92. The van der Waals surface area contributed by atoms with Crippen LogP contribution in [0.1, 0.15) is 31.1 Å². The lowest BCUT2D eigenvalue weighted by molar-refractivity contribution is 0.0998. The van der Waals surface area contributed by atoms with E-state index in [4.69, 9.17) is 4.74 Å². The smallest absolute Gasteiger partial charge is 0.279 e. The minimum atomic E-state index is -0.252. The summed E-state index contributed by atoms with van der Waals surface area (Å²) in [4.78, 5) is 15.8. The molecular weight excluding hydrogens is 202 g/mol. The lowest BCUT2D eigenvalue weighted by Gasteiger charge is -2.09. The highest BCUT2D eigenvalue weighted by atomic mass is 16.5. The minimum absolute atomic E-state index is 0.118. The fourth-order valence-corrected chi connectivity index (χ4v) is 1.22. The average Bonchev–Trinajstić information content (AvgIpc) is 2.29. The number of hydrogen-bond acceptors (Lipinski definition) is 2. The van der Waals surface area contributed by atoms with Gasteiger partial charge in [-0.1, -0.05) is 32.0 Å². The first-order valence-electron chi connectivity index (χ1n) is 5.46. The molecule has 1 amide bonds. The van der Waals surface area contributed by atoms with Crippen molar-refractivity contribution < 1.29 is 9.53 Å². The number of ether oxygens (including phenoxy) is 1. The quantitative estimate of drug-likeness (QED) is 0.579. The van der Waals surface area contributed by atoms with Crippen LogP contribution >= 0.6 is 0 Å². The molecule has 0 bridgehead atoms. The second-order valence-corrected chi connectivity index (χ2v) is 3.71. The first-order valence-corrected chi connectivity index (χ1v) is 5.46. The van der Waals surface area contributed by atoms with Crippen LogP contribution < -0.4 is 0 Å². The normalized spacial score (nSPS) is 11.6. The number of benzene rings is 1. The van der Waals surface area contributed by atoms with Gasteiger partial charge in [-0.2, -0.15) is 4.99 Å². The summed E-state index contributed by atoms with van der Waals surface area (Å²) in [5, 5.41) is 0. The number of nitrogens with zero attached hydrogens (tertiary/aromatic N) is 1. The van der Waals surface area contributed by atoms with Crippen molar-refractivity contribution >= 4 is 11.8 Å². The molecule has 1 aromatic carbocycles. The molecule has 3 nitrogen and oxygen atoms in total. The molecule has 0 radical (unpaired) electrons. The second-order valence-electron chi connectivity index (χ2n) is 3.71. The topological polar surface area (TPSA) is 38.7 Å². The molecule has 3 heteroatoms. The maximum absolute atomic E-state index is 11.8. The van der Waals surface area contributed by atoms with E-state index in [0.717, 1.165) is 0 Å². The van der Waals surface area contributed by atoms with Gasteiger partial charge in [0.15, 0.2) is 5.90 Å². The van der Waals surface area contributed by atoms with Crippen LogP contribution in [0.5, 0.6) is 0 Å². The van der Waals surface area contributed by atoms with Gasteiger partial charge in [0.25, 0.3) is 5.91 Å². The molecule has 86 valence electrons. The first-order chi connectivity index (χ1) is 7.65. The van der Waals surface area contributed by atoms with Crippen LogP contribution in [0.25, 0.3) is 0 Å². The van der Waals surface area contributed by atoms with Crippen molar-refractivity contribution in [3.05, 3.63) is 35.9 Å². The maximum atomic E-state index is 11.8. The van der Waals surface area contributed by atoms with Gasteiger partial charge >= 0.3 is 0 Å². The Balaban J connectivity index is 2.85. The SMILES string of the molecule is CCOC(=NC(=O)c1ccccc1)C(C)C. The van der Waals surface area contributed by atoms with Gasteiger partial charge in [-0.05, 0) is 19.1 Å². The molecule has 0 aliphatic carbocycles. The number of carbonyl (C=O) groups excluding carboxylic acids is 1. The van der Waals surface area contributed by atoms with Crippen molar-refractivity contribution in [2.24, 2.45) is 10.9 Å². The van der Waals surface area contributed by atoms with Crippen molar-refractivity contribution in [1.29, 1.82) is 0 Å². The van der Waals surface area contributed by atoms with Gasteiger partial charge in [-0.25, -0.2) is 0 Å². The highest BCUT2D eigenvalue weighted by Gasteiger charge is 2.10. The van der Waals surface area contributed by atoms with Crippen molar-refractivity contribution in [3.8, 4) is 0 Å². The van der Waals surface area contributed by atoms with Crippen molar-refractivity contribution in [2.75, 3.05) is 6.61 Å². The Morgan fingerprint density at radius 3 is 2.44 bits per heavy atom. The molecule has 0 fully saturated rings. The summed E-state index contributed by atoms with van der Waals surface area (Å²) in [5.74, 6) is 0.363. The largest absolute Gasteiger partial charge is 0.481 e. The highest BCUT2D eigenvalue weighted by Crippen LogP contribution is 2.05. The molecule has 0 aromatic heterocycles. The van der Waals surface area contributed by atoms with Crippen LogP contribution in [0.3, 0.4) is 0 Å². The molecule has 0 aliphatic rings. The molecular formula is C13H17NO2. The van der Waals surface area contributed by atoms with E-state index in [1.807, 2.05) is 39.0 Å². The Labute approximate surface area is 96.2 Å². The lowest BCUT2D eigenvalue weighted by atomic mass is 10.2. The number of amides is 1. The third kappa shape index (κ3) is 3.50. The summed E-state index contributed by atoms with van der Waals surface area (Å²) in [6.45, 7) is 6.31. The van der Waals surface area contributed by atoms with Crippen LogP contribution in [-0.4, -0.2) is 18.4 Å². The minimum Gasteiger partial charge on any atom is -0.481 e. The van der Waals surface area contributed by atoms with E-state index in [9.17, 15) is 4.79 Å². The van der Waals surface area contributed by atoms with Gasteiger partial charge in [-0.3, -0.25) is 4.79 Å². The molecule has 0 spiro atoms. The summed E-state index contributed by atoms with van der Waals surface area (Å²) >= 11 is 0. The van der Waals surface area contributed by atoms with Gasteiger partial charge in [0.2, 0.25) is 0 Å². The van der Waals surface area contributed by atoms with Crippen LogP contribution in [0.2, 0.25) is 0 Å². The first kappa shape index (κ1) is 12.4. The van der Waals surface area contributed by atoms with E-state index < -0.39 is 0 Å². The standard InChI is InChI=1S/C13H17NO2/c1-4-16-13(10(2)3)14-12(15)11-8-6-5-7-9-11/h5-10H,4H2,1-3H3. The van der Waals surface area contributed by atoms with Gasteiger partial charge in [0.1, 0.15) is 0 Å². The van der Waals surface area contributed by atoms with Crippen LogP contribution in [0.15, 0.2) is 35.3 Å². The van der Waals surface area contributed by atoms with E-state index in [1.165, 1.54) is 0 Å². The molecule has 0 N–H and O–H groups in total. The second kappa shape index (κ2) is 6.05. The zero-order valence-electron chi connectivity index (χ0n) is 9.93. The molecule has 1 aromatic rings. The van der Waals surface area contributed by atoms with Crippen LogP contribution in [0.4, 0.5) is 0 Å². The summed E-state index contributed by atoms with van der Waals surface area (Å²) in [6.07, 6.45) is 0. The van der Waals surface area contributed by atoms with Gasteiger partial charge in [-0.15, -0.1) is 0 Å². The Hall–Kier alpha value is -1.64. The summed E-state index contributed by atoms with van der Waals surface area (Å²) in [6, 6.07) is 8.99. The fourth-order valence-electron chi connectivity index (χ4n) is 1.22. The summed E-state index contributed by atoms with van der Waals surface area (Å²) < 4.78 is 5.32. The van der Waals surface area contributed by atoms with Crippen molar-refractivity contribution in [3.63, 3.8) is 0 Å². The average molecular weight is 219 g/mol. The van der Waals surface area contributed by atoms with Crippen LogP contribution in [-0.2, 0) is 4.74 Å². The molecule has 0 atom stereocenters. The lowest BCUT2D eigenvalue weighted by Crippen LogP contribution is -2.14. The monoisotopic (exact) mass is 219 g/mol. The molecule has 16 heavy (non-hydrogen) atoms. The van der Waals surface area contributed by atoms with Crippen molar-refractivity contribution in [1.82, 2.24) is 0 Å².